The fraction of sp³-hybridized carbons (Fsp3) is 0.500. The number of carbonyl (C=O) groups excluding carboxylic acids is 1. The first-order valence-electron chi connectivity index (χ1n) is 6.35. The number of aliphatic hydroxyl groups is 1. The van der Waals surface area contributed by atoms with E-state index < -0.39 is 11.6 Å². The Morgan fingerprint density at radius 1 is 1.33 bits per heavy atom. The number of hydrogen-bond donors (Lipinski definition) is 1. The van der Waals surface area contributed by atoms with Gasteiger partial charge in [0.2, 0.25) is 0 Å². The lowest BCUT2D eigenvalue weighted by atomic mass is 9.91. The van der Waals surface area contributed by atoms with Crippen molar-refractivity contribution in [1.29, 1.82) is 0 Å². The van der Waals surface area contributed by atoms with Crippen LogP contribution < -0.4 is 4.90 Å². The molecule has 98 valence electrons. The maximum absolute atomic E-state index is 11.7. The first-order valence-corrected chi connectivity index (χ1v) is 6.35. The molecule has 1 aliphatic heterocycles. The van der Waals surface area contributed by atoms with Gasteiger partial charge in [0.1, 0.15) is 0 Å². The van der Waals surface area contributed by atoms with Crippen LogP contribution in [0.25, 0.3) is 0 Å². The molecule has 0 spiro atoms. The molecule has 1 saturated heterocycles. The quantitative estimate of drug-likeness (QED) is 0.826. The zero-order chi connectivity index (χ0) is 13.0. The molecule has 1 fully saturated rings. The van der Waals surface area contributed by atoms with Crippen LogP contribution in [0.3, 0.4) is 0 Å². The number of esters is 1. The Morgan fingerprint density at radius 3 is 2.50 bits per heavy atom. The van der Waals surface area contributed by atoms with Crippen LogP contribution in [-0.4, -0.2) is 36.4 Å². The highest BCUT2D eigenvalue weighted by atomic mass is 16.5. The Morgan fingerprint density at radius 2 is 1.94 bits per heavy atom. The van der Waals surface area contributed by atoms with Crippen LogP contribution in [0.5, 0.6) is 0 Å². The second-order valence-corrected chi connectivity index (χ2v) is 4.57. The number of para-hydroxylation sites is 1. The van der Waals surface area contributed by atoms with Gasteiger partial charge in [0.05, 0.1) is 6.61 Å². The molecule has 2 rings (SSSR count). The summed E-state index contributed by atoms with van der Waals surface area (Å²) in [5.74, 6) is -0.488. The SMILES string of the molecule is CCOC(=O)C1(O)CCN(c2ccccc2)CC1. The van der Waals surface area contributed by atoms with Crippen LogP contribution in [0.4, 0.5) is 5.69 Å². The van der Waals surface area contributed by atoms with E-state index in [0.29, 0.717) is 32.5 Å². The third-order valence-corrected chi connectivity index (χ3v) is 3.37. The van der Waals surface area contributed by atoms with Gasteiger partial charge in [0.25, 0.3) is 0 Å². The number of ether oxygens (including phenoxy) is 1. The van der Waals surface area contributed by atoms with Gasteiger partial charge >= 0.3 is 5.97 Å². The number of benzene rings is 1. The van der Waals surface area contributed by atoms with E-state index in [9.17, 15) is 9.90 Å². The molecule has 1 aromatic carbocycles. The fourth-order valence-electron chi connectivity index (χ4n) is 2.24. The van der Waals surface area contributed by atoms with Gasteiger partial charge in [-0.2, -0.15) is 0 Å². The van der Waals surface area contributed by atoms with Crippen LogP contribution in [0.15, 0.2) is 30.3 Å². The first-order chi connectivity index (χ1) is 8.65. The molecule has 0 saturated carbocycles. The van der Waals surface area contributed by atoms with Crippen LogP contribution >= 0.6 is 0 Å². The van der Waals surface area contributed by atoms with Crippen molar-refractivity contribution in [3.05, 3.63) is 30.3 Å². The van der Waals surface area contributed by atoms with Gasteiger partial charge in [-0.25, -0.2) is 4.79 Å². The summed E-state index contributed by atoms with van der Waals surface area (Å²) in [6, 6.07) is 10.0. The topological polar surface area (TPSA) is 49.8 Å². The van der Waals surface area contributed by atoms with Crippen LogP contribution in [0.2, 0.25) is 0 Å². The molecule has 0 radical (unpaired) electrons. The summed E-state index contributed by atoms with van der Waals surface area (Å²) in [6.45, 7) is 3.39. The smallest absolute Gasteiger partial charge is 0.338 e. The summed E-state index contributed by atoms with van der Waals surface area (Å²) in [6.07, 6.45) is 0.835. The predicted molar refractivity (Wildman–Crippen MR) is 69.5 cm³/mol. The molecule has 1 heterocycles. The molecule has 0 aliphatic carbocycles. The van der Waals surface area contributed by atoms with Gasteiger partial charge in [0, 0.05) is 31.6 Å². The maximum Gasteiger partial charge on any atom is 0.338 e. The number of rotatable bonds is 3. The molecule has 1 N–H and O–H groups in total. The van der Waals surface area contributed by atoms with E-state index in [-0.39, 0.29) is 0 Å². The molecule has 4 heteroatoms. The molecular formula is C14H19NO3. The minimum Gasteiger partial charge on any atom is -0.464 e. The minimum atomic E-state index is -1.30. The number of anilines is 1. The van der Waals surface area contributed by atoms with Crippen molar-refractivity contribution in [3.63, 3.8) is 0 Å². The zero-order valence-electron chi connectivity index (χ0n) is 10.6. The third kappa shape index (κ3) is 2.64. The monoisotopic (exact) mass is 249 g/mol. The van der Waals surface area contributed by atoms with Gasteiger partial charge in [-0.3, -0.25) is 0 Å². The van der Waals surface area contributed by atoms with E-state index >= 15 is 0 Å². The van der Waals surface area contributed by atoms with E-state index in [0.717, 1.165) is 5.69 Å². The predicted octanol–water partition coefficient (Wildman–Crippen LogP) is 1.58. The third-order valence-electron chi connectivity index (χ3n) is 3.37. The summed E-state index contributed by atoms with van der Waals surface area (Å²) in [5.41, 5.74) is -0.176. The summed E-state index contributed by atoms with van der Waals surface area (Å²) in [4.78, 5) is 13.8. The lowest BCUT2D eigenvalue weighted by Gasteiger charge is -2.37. The molecule has 0 aromatic heterocycles. The molecule has 4 nitrogen and oxygen atoms in total. The maximum atomic E-state index is 11.7. The van der Waals surface area contributed by atoms with Crippen molar-refractivity contribution < 1.29 is 14.6 Å². The summed E-state index contributed by atoms with van der Waals surface area (Å²) in [7, 11) is 0. The average molecular weight is 249 g/mol. The molecule has 0 unspecified atom stereocenters. The van der Waals surface area contributed by atoms with Crippen LogP contribution in [0, 0.1) is 0 Å². The summed E-state index contributed by atoms with van der Waals surface area (Å²) in [5, 5.41) is 10.2. The van der Waals surface area contributed by atoms with E-state index in [4.69, 9.17) is 4.74 Å². The molecule has 1 aliphatic rings. The van der Waals surface area contributed by atoms with Crippen LogP contribution in [0.1, 0.15) is 19.8 Å². The van der Waals surface area contributed by atoms with Crippen molar-refractivity contribution in [1.82, 2.24) is 0 Å². The van der Waals surface area contributed by atoms with Gasteiger partial charge in [-0.1, -0.05) is 18.2 Å². The number of carbonyl (C=O) groups is 1. The average Bonchev–Trinajstić information content (AvgIpc) is 2.41. The highest BCUT2D eigenvalue weighted by Gasteiger charge is 2.40. The normalized spacial score (nSPS) is 18.4. The largest absolute Gasteiger partial charge is 0.464 e. The van der Waals surface area contributed by atoms with Crippen LogP contribution in [-0.2, 0) is 9.53 Å². The van der Waals surface area contributed by atoms with Crippen molar-refractivity contribution >= 4 is 11.7 Å². The molecule has 18 heavy (non-hydrogen) atoms. The Labute approximate surface area is 107 Å². The Hall–Kier alpha value is -1.55. The van der Waals surface area contributed by atoms with E-state index in [1.165, 1.54) is 0 Å². The second-order valence-electron chi connectivity index (χ2n) is 4.57. The Kier molecular flexibility index (Phi) is 3.87. The van der Waals surface area contributed by atoms with Crippen molar-refractivity contribution in [2.45, 2.75) is 25.4 Å². The van der Waals surface area contributed by atoms with E-state index in [1.807, 2.05) is 30.3 Å². The van der Waals surface area contributed by atoms with Crippen molar-refractivity contribution in [2.75, 3.05) is 24.6 Å². The lowest BCUT2D eigenvalue weighted by Crippen LogP contribution is -2.50. The van der Waals surface area contributed by atoms with E-state index in [2.05, 4.69) is 4.90 Å². The molecule has 1 aromatic rings. The lowest BCUT2D eigenvalue weighted by molar-refractivity contribution is -0.167. The minimum absolute atomic E-state index is 0.309. The molecule has 0 atom stereocenters. The van der Waals surface area contributed by atoms with Gasteiger partial charge in [-0.05, 0) is 19.1 Å². The standard InChI is InChI=1S/C14H19NO3/c1-2-18-13(16)14(17)8-10-15(11-9-14)12-6-4-3-5-7-12/h3-7,17H,2,8-11H2,1H3. The van der Waals surface area contributed by atoms with Gasteiger partial charge in [0.15, 0.2) is 5.60 Å². The van der Waals surface area contributed by atoms with Crippen molar-refractivity contribution in [3.8, 4) is 0 Å². The number of nitrogens with zero attached hydrogens (tertiary/aromatic N) is 1. The van der Waals surface area contributed by atoms with Gasteiger partial charge in [-0.15, -0.1) is 0 Å². The molecule has 0 amide bonds. The number of hydrogen-bond acceptors (Lipinski definition) is 4. The highest BCUT2D eigenvalue weighted by molar-refractivity contribution is 5.79. The molecule has 0 bridgehead atoms. The highest BCUT2D eigenvalue weighted by Crippen LogP contribution is 2.27. The summed E-state index contributed by atoms with van der Waals surface area (Å²) >= 11 is 0. The fourth-order valence-corrected chi connectivity index (χ4v) is 2.24. The summed E-state index contributed by atoms with van der Waals surface area (Å²) < 4.78 is 4.92. The van der Waals surface area contributed by atoms with Crippen molar-refractivity contribution in [2.24, 2.45) is 0 Å². The Balaban J connectivity index is 1.97. The number of piperidine rings is 1. The van der Waals surface area contributed by atoms with Gasteiger partial charge < -0.3 is 14.7 Å². The second kappa shape index (κ2) is 5.40. The molecular weight excluding hydrogens is 230 g/mol. The zero-order valence-corrected chi connectivity index (χ0v) is 10.6. The van der Waals surface area contributed by atoms with E-state index in [1.54, 1.807) is 6.92 Å². The Bertz CT molecular complexity index is 397. The first kappa shape index (κ1) is 12.9.